The van der Waals surface area contributed by atoms with Crippen LogP contribution in [0.4, 0.5) is 0 Å². The zero-order valence-corrected chi connectivity index (χ0v) is 13.0. The molecule has 1 aromatic carbocycles. The first-order chi connectivity index (χ1) is 9.02. The highest BCUT2D eigenvalue weighted by molar-refractivity contribution is 8.00. The van der Waals surface area contributed by atoms with E-state index in [1.807, 2.05) is 14.0 Å². The zero-order valence-electron chi connectivity index (χ0n) is 12.2. The van der Waals surface area contributed by atoms with Crippen LogP contribution in [-0.2, 0) is 11.3 Å². The molecular weight excluding hydrogens is 256 g/mol. The number of hydrogen-bond donors (Lipinski definition) is 2. The number of nitrogens with one attached hydrogen (secondary N) is 2. The van der Waals surface area contributed by atoms with E-state index in [0.29, 0.717) is 5.92 Å². The fourth-order valence-electron chi connectivity index (χ4n) is 1.60. The topological polar surface area (TPSA) is 41.1 Å². The number of benzene rings is 1. The van der Waals surface area contributed by atoms with Crippen LogP contribution in [0.1, 0.15) is 26.3 Å². The highest BCUT2D eigenvalue weighted by atomic mass is 32.2. The van der Waals surface area contributed by atoms with Gasteiger partial charge in [0.25, 0.3) is 0 Å². The molecule has 0 bridgehead atoms. The van der Waals surface area contributed by atoms with E-state index in [1.165, 1.54) is 5.56 Å². The smallest absolute Gasteiger partial charge is 0.233 e. The van der Waals surface area contributed by atoms with Crippen molar-refractivity contribution >= 4 is 17.7 Å². The molecular formula is C15H24N2OS. The summed E-state index contributed by atoms with van der Waals surface area (Å²) in [6.45, 7) is 7.75. The first kappa shape index (κ1) is 16.1. The van der Waals surface area contributed by atoms with Gasteiger partial charge in [-0.05, 0) is 37.6 Å². The first-order valence-electron chi connectivity index (χ1n) is 6.70. The molecule has 0 saturated carbocycles. The van der Waals surface area contributed by atoms with E-state index >= 15 is 0 Å². The number of carbonyl (C=O) groups is 1. The van der Waals surface area contributed by atoms with E-state index in [2.05, 4.69) is 48.7 Å². The Morgan fingerprint density at radius 3 is 2.37 bits per heavy atom. The summed E-state index contributed by atoms with van der Waals surface area (Å²) in [5, 5.41) is 6.02. The summed E-state index contributed by atoms with van der Waals surface area (Å²) < 4.78 is 0. The maximum atomic E-state index is 11.9. The van der Waals surface area contributed by atoms with Crippen LogP contribution in [0, 0.1) is 5.92 Å². The van der Waals surface area contributed by atoms with Crippen molar-refractivity contribution in [3.63, 3.8) is 0 Å². The molecule has 1 aromatic rings. The average molecular weight is 280 g/mol. The van der Waals surface area contributed by atoms with Crippen molar-refractivity contribution in [2.75, 3.05) is 13.6 Å². The Labute approximate surface area is 120 Å². The molecule has 19 heavy (non-hydrogen) atoms. The second-order valence-corrected chi connectivity index (χ2v) is 6.49. The van der Waals surface area contributed by atoms with Crippen LogP contribution in [-0.4, -0.2) is 24.7 Å². The van der Waals surface area contributed by atoms with E-state index in [1.54, 1.807) is 11.8 Å². The van der Waals surface area contributed by atoms with E-state index < -0.39 is 0 Å². The van der Waals surface area contributed by atoms with Crippen molar-refractivity contribution in [2.45, 2.75) is 37.5 Å². The quantitative estimate of drug-likeness (QED) is 0.755. The van der Waals surface area contributed by atoms with Crippen molar-refractivity contribution in [1.82, 2.24) is 10.6 Å². The summed E-state index contributed by atoms with van der Waals surface area (Å²) in [6.07, 6.45) is 0. The van der Waals surface area contributed by atoms with E-state index in [4.69, 9.17) is 0 Å². The molecule has 106 valence electrons. The van der Waals surface area contributed by atoms with Gasteiger partial charge in [-0.3, -0.25) is 4.79 Å². The lowest BCUT2D eigenvalue weighted by molar-refractivity contribution is -0.120. The molecule has 1 amide bonds. The third kappa shape index (κ3) is 6.12. The molecule has 1 atom stereocenters. The van der Waals surface area contributed by atoms with Crippen molar-refractivity contribution in [3.8, 4) is 0 Å². The van der Waals surface area contributed by atoms with Crippen LogP contribution in [0.15, 0.2) is 29.2 Å². The standard InChI is InChI=1S/C15H24N2OS/c1-11(2)9-17-15(18)12(3)19-14-7-5-13(6-8-14)10-16-4/h5-8,11-12,16H,9-10H2,1-4H3,(H,17,18). The predicted molar refractivity (Wildman–Crippen MR) is 82.4 cm³/mol. The van der Waals surface area contributed by atoms with Crippen LogP contribution >= 0.6 is 11.8 Å². The minimum atomic E-state index is -0.0612. The number of carbonyl (C=O) groups excluding carboxylic acids is 1. The molecule has 3 nitrogen and oxygen atoms in total. The third-order valence-electron chi connectivity index (χ3n) is 2.67. The van der Waals surface area contributed by atoms with Gasteiger partial charge in [0.1, 0.15) is 0 Å². The Hall–Kier alpha value is -1.00. The monoisotopic (exact) mass is 280 g/mol. The molecule has 0 aliphatic carbocycles. The minimum absolute atomic E-state index is 0.0612. The molecule has 1 rings (SSSR count). The Kier molecular flexibility index (Phi) is 6.95. The number of amides is 1. The van der Waals surface area contributed by atoms with Gasteiger partial charge in [0.05, 0.1) is 5.25 Å². The maximum absolute atomic E-state index is 11.9. The van der Waals surface area contributed by atoms with Crippen LogP contribution in [0.3, 0.4) is 0 Å². The van der Waals surface area contributed by atoms with Gasteiger partial charge in [-0.1, -0.05) is 26.0 Å². The summed E-state index contributed by atoms with van der Waals surface area (Å²) >= 11 is 1.60. The molecule has 0 spiro atoms. The van der Waals surface area contributed by atoms with Crippen LogP contribution in [0.2, 0.25) is 0 Å². The number of hydrogen-bond acceptors (Lipinski definition) is 3. The van der Waals surface area contributed by atoms with Gasteiger partial charge in [0.2, 0.25) is 5.91 Å². The van der Waals surface area contributed by atoms with Gasteiger partial charge in [0, 0.05) is 18.0 Å². The SMILES string of the molecule is CNCc1ccc(SC(C)C(=O)NCC(C)C)cc1. The third-order valence-corrected chi connectivity index (χ3v) is 3.78. The summed E-state index contributed by atoms with van der Waals surface area (Å²) in [5.41, 5.74) is 1.25. The average Bonchev–Trinajstić information content (AvgIpc) is 2.38. The van der Waals surface area contributed by atoms with Crippen molar-refractivity contribution in [1.29, 1.82) is 0 Å². The van der Waals surface area contributed by atoms with Crippen molar-refractivity contribution in [3.05, 3.63) is 29.8 Å². The molecule has 4 heteroatoms. The molecule has 0 fully saturated rings. The Balaban J connectivity index is 2.47. The van der Waals surface area contributed by atoms with Crippen LogP contribution in [0.25, 0.3) is 0 Å². The minimum Gasteiger partial charge on any atom is -0.355 e. The molecule has 0 saturated heterocycles. The van der Waals surface area contributed by atoms with E-state index in [-0.39, 0.29) is 11.2 Å². The molecule has 0 aromatic heterocycles. The highest BCUT2D eigenvalue weighted by Crippen LogP contribution is 2.23. The van der Waals surface area contributed by atoms with E-state index in [0.717, 1.165) is 18.0 Å². The van der Waals surface area contributed by atoms with Gasteiger partial charge < -0.3 is 10.6 Å². The number of thioether (sulfide) groups is 1. The Morgan fingerprint density at radius 2 is 1.84 bits per heavy atom. The van der Waals surface area contributed by atoms with Crippen LogP contribution in [0.5, 0.6) is 0 Å². The molecule has 0 aliphatic heterocycles. The van der Waals surface area contributed by atoms with E-state index in [9.17, 15) is 4.79 Å². The molecule has 1 unspecified atom stereocenters. The second kappa shape index (κ2) is 8.23. The van der Waals surface area contributed by atoms with Crippen molar-refractivity contribution < 1.29 is 4.79 Å². The fraction of sp³-hybridized carbons (Fsp3) is 0.533. The van der Waals surface area contributed by atoms with Crippen molar-refractivity contribution in [2.24, 2.45) is 5.92 Å². The van der Waals surface area contributed by atoms with Crippen LogP contribution < -0.4 is 10.6 Å². The summed E-state index contributed by atoms with van der Waals surface area (Å²) in [7, 11) is 1.93. The number of rotatable bonds is 7. The summed E-state index contributed by atoms with van der Waals surface area (Å²) in [6, 6.07) is 8.34. The molecule has 0 heterocycles. The van der Waals surface area contributed by atoms with Gasteiger partial charge in [-0.15, -0.1) is 11.8 Å². The van der Waals surface area contributed by atoms with Gasteiger partial charge in [0.15, 0.2) is 0 Å². The molecule has 0 radical (unpaired) electrons. The highest BCUT2D eigenvalue weighted by Gasteiger charge is 2.14. The fourth-order valence-corrected chi connectivity index (χ4v) is 2.49. The lowest BCUT2D eigenvalue weighted by Gasteiger charge is -2.13. The second-order valence-electron chi connectivity index (χ2n) is 5.07. The summed E-state index contributed by atoms with van der Waals surface area (Å²) in [4.78, 5) is 13.0. The maximum Gasteiger partial charge on any atom is 0.233 e. The summed E-state index contributed by atoms with van der Waals surface area (Å²) in [5.74, 6) is 0.597. The van der Waals surface area contributed by atoms with Gasteiger partial charge in [-0.25, -0.2) is 0 Å². The lowest BCUT2D eigenvalue weighted by Crippen LogP contribution is -2.33. The largest absolute Gasteiger partial charge is 0.355 e. The predicted octanol–water partition coefficient (Wildman–Crippen LogP) is 2.66. The Bertz CT molecular complexity index is 390. The normalized spacial score (nSPS) is 12.5. The lowest BCUT2D eigenvalue weighted by atomic mass is 10.2. The Morgan fingerprint density at radius 1 is 1.21 bits per heavy atom. The van der Waals surface area contributed by atoms with Gasteiger partial charge in [-0.2, -0.15) is 0 Å². The molecule has 0 aliphatic rings. The van der Waals surface area contributed by atoms with Gasteiger partial charge >= 0.3 is 0 Å². The first-order valence-corrected chi connectivity index (χ1v) is 7.58. The molecule has 2 N–H and O–H groups in total. The zero-order chi connectivity index (χ0) is 14.3.